The van der Waals surface area contributed by atoms with Crippen molar-refractivity contribution in [3.63, 3.8) is 0 Å². The Kier molecular flexibility index (Phi) is 3.52. The van der Waals surface area contributed by atoms with Gasteiger partial charge in [-0.2, -0.15) is 5.10 Å². The maximum absolute atomic E-state index is 12.6. The maximum Gasteiger partial charge on any atom is 0.274 e. The third-order valence-corrected chi connectivity index (χ3v) is 2.35. The third-order valence-electron chi connectivity index (χ3n) is 2.35. The van der Waals surface area contributed by atoms with E-state index >= 15 is 0 Å². The van der Waals surface area contributed by atoms with E-state index in [-0.39, 0.29) is 11.7 Å². The molecule has 0 saturated heterocycles. The minimum absolute atomic E-state index is 0.315. The van der Waals surface area contributed by atoms with E-state index in [9.17, 15) is 9.18 Å². The van der Waals surface area contributed by atoms with Gasteiger partial charge < -0.3 is 4.42 Å². The predicted octanol–water partition coefficient (Wildman–Crippen LogP) is 2.49. The van der Waals surface area contributed by atoms with Crippen molar-refractivity contribution in [2.24, 2.45) is 5.10 Å². The number of nitrogens with zero attached hydrogens (tertiary/aromatic N) is 1. The highest BCUT2D eigenvalue weighted by molar-refractivity contribution is 5.95. The van der Waals surface area contributed by atoms with Crippen LogP contribution in [-0.2, 0) is 0 Å². The molecule has 1 aromatic heterocycles. The SMILES string of the molecule is Cc1occc1C(=O)N/N=C\c1ccc(F)cc1. The molecule has 0 atom stereocenters. The maximum atomic E-state index is 12.6. The van der Waals surface area contributed by atoms with E-state index in [1.165, 1.54) is 24.6 Å². The van der Waals surface area contributed by atoms with Gasteiger partial charge in [-0.25, -0.2) is 9.82 Å². The first-order chi connectivity index (χ1) is 8.66. The summed E-state index contributed by atoms with van der Waals surface area (Å²) < 4.78 is 17.7. The summed E-state index contributed by atoms with van der Waals surface area (Å²) in [5, 5.41) is 3.78. The van der Waals surface area contributed by atoms with Gasteiger partial charge in [0.15, 0.2) is 0 Å². The van der Waals surface area contributed by atoms with Crippen LogP contribution in [0.4, 0.5) is 4.39 Å². The van der Waals surface area contributed by atoms with Crippen molar-refractivity contribution in [1.82, 2.24) is 5.43 Å². The van der Waals surface area contributed by atoms with Gasteiger partial charge in [-0.05, 0) is 30.7 Å². The fraction of sp³-hybridized carbons (Fsp3) is 0.0769. The van der Waals surface area contributed by atoms with Crippen LogP contribution >= 0.6 is 0 Å². The molecular weight excluding hydrogens is 235 g/mol. The van der Waals surface area contributed by atoms with Gasteiger partial charge in [0.2, 0.25) is 0 Å². The monoisotopic (exact) mass is 246 g/mol. The van der Waals surface area contributed by atoms with Crippen LogP contribution in [0.3, 0.4) is 0 Å². The van der Waals surface area contributed by atoms with E-state index in [0.29, 0.717) is 16.9 Å². The van der Waals surface area contributed by atoms with Crippen molar-refractivity contribution >= 4 is 12.1 Å². The highest BCUT2D eigenvalue weighted by Crippen LogP contribution is 2.07. The lowest BCUT2D eigenvalue weighted by Crippen LogP contribution is -2.17. The molecule has 1 amide bonds. The molecule has 18 heavy (non-hydrogen) atoms. The molecule has 2 aromatic rings. The number of carbonyl (C=O) groups is 1. The van der Waals surface area contributed by atoms with E-state index in [2.05, 4.69) is 10.5 Å². The predicted molar refractivity (Wildman–Crippen MR) is 64.9 cm³/mol. The quantitative estimate of drug-likeness (QED) is 0.668. The Morgan fingerprint density at radius 3 is 2.67 bits per heavy atom. The molecule has 1 heterocycles. The van der Waals surface area contributed by atoms with Crippen LogP contribution in [0.1, 0.15) is 21.7 Å². The van der Waals surface area contributed by atoms with E-state index in [0.717, 1.165) is 0 Å². The summed E-state index contributed by atoms with van der Waals surface area (Å²) in [6, 6.07) is 7.34. The molecular formula is C13H11FN2O2. The smallest absolute Gasteiger partial charge is 0.274 e. The first kappa shape index (κ1) is 12.0. The second kappa shape index (κ2) is 5.27. The largest absolute Gasteiger partial charge is 0.469 e. The third kappa shape index (κ3) is 2.82. The fourth-order valence-corrected chi connectivity index (χ4v) is 1.40. The molecule has 0 unspecified atom stereocenters. The Balaban J connectivity index is 1.98. The topological polar surface area (TPSA) is 54.6 Å². The van der Waals surface area contributed by atoms with Crippen molar-refractivity contribution in [1.29, 1.82) is 0 Å². The lowest BCUT2D eigenvalue weighted by Gasteiger charge is -1.97. The molecule has 0 bridgehead atoms. The van der Waals surface area contributed by atoms with Gasteiger partial charge >= 0.3 is 0 Å². The Hall–Kier alpha value is -2.43. The molecule has 0 aliphatic rings. The lowest BCUT2D eigenvalue weighted by atomic mass is 10.2. The summed E-state index contributed by atoms with van der Waals surface area (Å²) in [7, 11) is 0. The molecule has 1 N–H and O–H groups in total. The molecule has 1 aromatic carbocycles. The molecule has 0 radical (unpaired) electrons. The number of rotatable bonds is 3. The Labute approximate surface area is 103 Å². The van der Waals surface area contributed by atoms with Gasteiger partial charge in [-0.15, -0.1) is 0 Å². The van der Waals surface area contributed by atoms with Gasteiger partial charge in [-0.3, -0.25) is 4.79 Å². The summed E-state index contributed by atoms with van der Waals surface area (Å²) in [5.41, 5.74) is 3.50. The number of hydrazone groups is 1. The average Bonchev–Trinajstić information content (AvgIpc) is 2.78. The van der Waals surface area contributed by atoms with Crippen LogP contribution in [-0.4, -0.2) is 12.1 Å². The second-order valence-electron chi connectivity index (χ2n) is 3.64. The molecule has 0 fully saturated rings. The van der Waals surface area contributed by atoms with E-state index in [4.69, 9.17) is 4.42 Å². The number of amides is 1. The highest BCUT2D eigenvalue weighted by atomic mass is 19.1. The molecule has 0 saturated carbocycles. The van der Waals surface area contributed by atoms with E-state index in [1.807, 2.05) is 0 Å². The van der Waals surface area contributed by atoms with Crippen LogP contribution in [0.25, 0.3) is 0 Å². The number of carbonyl (C=O) groups excluding carboxylic acids is 1. The number of hydrogen-bond donors (Lipinski definition) is 1. The standard InChI is InChI=1S/C13H11FN2O2/c1-9-12(6-7-18-9)13(17)16-15-8-10-2-4-11(14)5-3-10/h2-8H,1H3,(H,16,17)/b15-8-. The van der Waals surface area contributed by atoms with Crippen molar-refractivity contribution in [3.05, 3.63) is 59.3 Å². The minimum Gasteiger partial charge on any atom is -0.469 e. The highest BCUT2D eigenvalue weighted by Gasteiger charge is 2.09. The number of nitrogens with one attached hydrogen (secondary N) is 1. The van der Waals surface area contributed by atoms with Crippen molar-refractivity contribution in [2.45, 2.75) is 6.92 Å². The number of furan rings is 1. The van der Waals surface area contributed by atoms with E-state index < -0.39 is 0 Å². The molecule has 0 spiro atoms. The number of benzene rings is 1. The zero-order valence-electron chi connectivity index (χ0n) is 9.68. The first-order valence-electron chi connectivity index (χ1n) is 5.30. The lowest BCUT2D eigenvalue weighted by molar-refractivity contribution is 0.0953. The zero-order valence-corrected chi connectivity index (χ0v) is 9.68. The van der Waals surface area contributed by atoms with Gasteiger partial charge in [0.25, 0.3) is 5.91 Å². The molecule has 0 aliphatic heterocycles. The molecule has 5 heteroatoms. The summed E-state index contributed by atoms with van der Waals surface area (Å²) in [6.07, 6.45) is 2.88. The summed E-state index contributed by atoms with van der Waals surface area (Å²) in [5.74, 6) is -0.130. The number of aryl methyl sites for hydroxylation is 1. The first-order valence-corrected chi connectivity index (χ1v) is 5.30. The summed E-state index contributed by atoms with van der Waals surface area (Å²) >= 11 is 0. The average molecular weight is 246 g/mol. The van der Waals surface area contributed by atoms with Crippen LogP contribution in [0.5, 0.6) is 0 Å². The molecule has 4 nitrogen and oxygen atoms in total. The summed E-state index contributed by atoms with van der Waals surface area (Å²) in [6.45, 7) is 1.69. The summed E-state index contributed by atoms with van der Waals surface area (Å²) in [4.78, 5) is 11.6. The normalized spacial score (nSPS) is 10.8. The molecule has 0 aliphatic carbocycles. The molecule has 92 valence electrons. The number of halogens is 1. The van der Waals surface area contributed by atoms with Gasteiger partial charge in [0.05, 0.1) is 18.0 Å². The van der Waals surface area contributed by atoms with E-state index in [1.54, 1.807) is 25.1 Å². The van der Waals surface area contributed by atoms with Gasteiger partial charge in [-0.1, -0.05) is 12.1 Å². The Bertz CT molecular complexity index is 573. The molecule has 2 rings (SSSR count). The van der Waals surface area contributed by atoms with Crippen molar-refractivity contribution in [2.75, 3.05) is 0 Å². The minimum atomic E-state index is -0.348. The zero-order chi connectivity index (χ0) is 13.0. The van der Waals surface area contributed by atoms with Crippen LogP contribution in [0.2, 0.25) is 0 Å². The number of hydrogen-bond acceptors (Lipinski definition) is 3. The van der Waals surface area contributed by atoms with Gasteiger partial charge in [0, 0.05) is 0 Å². The fourth-order valence-electron chi connectivity index (χ4n) is 1.40. The van der Waals surface area contributed by atoms with Crippen LogP contribution < -0.4 is 5.43 Å². The van der Waals surface area contributed by atoms with Crippen LogP contribution in [0.15, 0.2) is 46.1 Å². The van der Waals surface area contributed by atoms with Crippen LogP contribution in [0, 0.1) is 12.7 Å². The van der Waals surface area contributed by atoms with Gasteiger partial charge in [0.1, 0.15) is 11.6 Å². The van der Waals surface area contributed by atoms with Crippen molar-refractivity contribution < 1.29 is 13.6 Å². The Morgan fingerprint density at radius 1 is 1.33 bits per heavy atom. The second-order valence-corrected chi connectivity index (χ2v) is 3.64. The Morgan fingerprint density at radius 2 is 2.06 bits per heavy atom. The van der Waals surface area contributed by atoms with Crippen molar-refractivity contribution in [3.8, 4) is 0 Å².